The number of hydrogen-bond acceptors (Lipinski definition) is 2. The summed E-state index contributed by atoms with van der Waals surface area (Å²) in [5.41, 5.74) is 2.25. The SMILES string of the molecule is CN(Cc1ccc(-n2cccn2)cc1)C(=O)C(F)c1ccccc1. The topological polar surface area (TPSA) is 38.1 Å². The minimum atomic E-state index is -1.64. The number of alkyl halides is 1. The predicted molar refractivity (Wildman–Crippen MR) is 90.3 cm³/mol. The van der Waals surface area contributed by atoms with Gasteiger partial charge in [-0.3, -0.25) is 4.79 Å². The molecule has 0 bridgehead atoms. The highest BCUT2D eigenvalue weighted by Crippen LogP contribution is 2.20. The third kappa shape index (κ3) is 3.51. The van der Waals surface area contributed by atoms with Crippen LogP contribution in [0.15, 0.2) is 73.1 Å². The lowest BCUT2D eigenvalue weighted by Crippen LogP contribution is -2.29. The molecule has 0 radical (unpaired) electrons. The molecule has 24 heavy (non-hydrogen) atoms. The zero-order chi connectivity index (χ0) is 16.9. The van der Waals surface area contributed by atoms with Crippen LogP contribution in [-0.4, -0.2) is 27.6 Å². The highest BCUT2D eigenvalue weighted by atomic mass is 19.1. The Hall–Kier alpha value is -2.95. The fourth-order valence-corrected chi connectivity index (χ4v) is 2.49. The summed E-state index contributed by atoms with van der Waals surface area (Å²) in [6.45, 7) is 0.353. The highest BCUT2D eigenvalue weighted by Gasteiger charge is 2.23. The summed E-state index contributed by atoms with van der Waals surface area (Å²) in [6, 6.07) is 18.0. The van der Waals surface area contributed by atoms with Crippen molar-refractivity contribution in [3.05, 3.63) is 84.2 Å². The summed E-state index contributed by atoms with van der Waals surface area (Å²) < 4.78 is 16.1. The summed E-state index contributed by atoms with van der Waals surface area (Å²) >= 11 is 0. The van der Waals surface area contributed by atoms with Crippen LogP contribution in [0.5, 0.6) is 0 Å². The Morgan fingerprint density at radius 1 is 1.12 bits per heavy atom. The molecule has 0 N–H and O–H groups in total. The lowest BCUT2D eigenvalue weighted by Gasteiger charge is -2.20. The number of rotatable bonds is 5. The van der Waals surface area contributed by atoms with E-state index in [1.807, 2.05) is 36.5 Å². The minimum Gasteiger partial charge on any atom is -0.339 e. The van der Waals surface area contributed by atoms with E-state index in [9.17, 15) is 9.18 Å². The Morgan fingerprint density at radius 3 is 2.46 bits per heavy atom. The molecule has 1 atom stereocenters. The maximum absolute atomic E-state index is 14.3. The Bertz CT molecular complexity index is 785. The predicted octanol–water partition coefficient (Wildman–Crippen LogP) is 3.54. The standard InChI is InChI=1S/C19H18FN3O/c1-22(19(24)18(20)16-6-3-2-4-7-16)14-15-8-10-17(11-9-15)23-13-5-12-21-23/h2-13,18H,14H2,1H3. The summed E-state index contributed by atoms with van der Waals surface area (Å²) in [4.78, 5) is 13.6. The number of aromatic nitrogens is 2. The molecule has 3 rings (SSSR count). The maximum atomic E-state index is 14.3. The number of carbonyl (C=O) groups is 1. The first-order chi connectivity index (χ1) is 11.6. The van der Waals surface area contributed by atoms with E-state index in [1.54, 1.807) is 48.3 Å². The van der Waals surface area contributed by atoms with Crippen LogP contribution >= 0.6 is 0 Å². The molecule has 4 nitrogen and oxygen atoms in total. The van der Waals surface area contributed by atoms with Gasteiger partial charge >= 0.3 is 0 Å². The summed E-state index contributed by atoms with van der Waals surface area (Å²) in [5.74, 6) is -0.544. The summed E-state index contributed by atoms with van der Waals surface area (Å²) in [5, 5.41) is 4.16. The number of hydrogen-bond donors (Lipinski definition) is 0. The maximum Gasteiger partial charge on any atom is 0.261 e. The van der Waals surface area contributed by atoms with E-state index < -0.39 is 12.1 Å². The van der Waals surface area contributed by atoms with Gasteiger partial charge in [-0.15, -0.1) is 0 Å². The molecule has 2 aromatic carbocycles. The molecule has 1 heterocycles. The van der Waals surface area contributed by atoms with Gasteiger partial charge < -0.3 is 4.90 Å². The monoisotopic (exact) mass is 323 g/mol. The van der Waals surface area contributed by atoms with Crippen molar-refractivity contribution in [2.75, 3.05) is 7.05 Å². The van der Waals surface area contributed by atoms with E-state index in [2.05, 4.69) is 5.10 Å². The van der Waals surface area contributed by atoms with Crippen LogP contribution in [0.2, 0.25) is 0 Å². The first kappa shape index (κ1) is 15.9. The van der Waals surface area contributed by atoms with Crippen molar-refractivity contribution >= 4 is 5.91 Å². The van der Waals surface area contributed by atoms with Crippen molar-refractivity contribution in [2.45, 2.75) is 12.7 Å². The fraction of sp³-hybridized carbons (Fsp3) is 0.158. The lowest BCUT2D eigenvalue weighted by atomic mass is 10.1. The van der Waals surface area contributed by atoms with Crippen molar-refractivity contribution in [3.8, 4) is 5.69 Å². The first-order valence-corrected chi connectivity index (χ1v) is 7.68. The molecule has 0 fully saturated rings. The van der Waals surface area contributed by atoms with Crippen LogP contribution in [0, 0.1) is 0 Å². The van der Waals surface area contributed by atoms with Gasteiger partial charge in [0.15, 0.2) is 0 Å². The van der Waals surface area contributed by atoms with Crippen molar-refractivity contribution in [1.29, 1.82) is 0 Å². The molecule has 0 saturated heterocycles. The number of amides is 1. The van der Waals surface area contributed by atoms with Crippen molar-refractivity contribution in [2.24, 2.45) is 0 Å². The molecule has 3 aromatic rings. The van der Waals surface area contributed by atoms with Crippen molar-refractivity contribution in [3.63, 3.8) is 0 Å². The van der Waals surface area contributed by atoms with E-state index in [0.717, 1.165) is 11.3 Å². The molecule has 1 aromatic heterocycles. The van der Waals surface area contributed by atoms with Crippen LogP contribution in [0.1, 0.15) is 17.3 Å². The van der Waals surface area contributed by atoms with Gasteiger partial charge in [-0.25, -0.2) is 9.07 Å². The Morgan fingerprint density at radius 2 is 1.83 bits per heavy atom. The summed E-state index contributed by atoms with van der Waals surface area (Å²) in [6.07, 6.45) is 1.93. The number of halogens is 1. The largest absolute Gasteiger partial charge is 0.339 e. The molecule has 0 aliphatic rings. The fourth-order valence-electron chi connectivity index (χ4n) is 2.49. The van der Waals surface area contributed by atoms with Gasteiger partial charge in [-0.2, -0.15) is 5.10 Å². The average Bonchev–Trinajstić information content (AvgIpc) is 3.16. The molecular weight excluding hydrogens is 305 g/mol. The molecule has 1 unspecified atom stereocenters. The van der Waals surface area contributed by atoms with Crippen LogP contribution in [0.25, 0.3) is 5.69 Å². The molecule has 1 amide bonds. The van der Waals surface area contributed by atoms with Gasteiger partial charge in [-0.05, 0) is 29.3 Å². The van der Waals surface area contributed by atoms with Gasteiger partial charge in [0.1, 0.15) is 0 Å². The second kappa shape index (κ2) is 7.08. The van der Waals surface area contributed by atoms with E-state index >= 15 is 0 Å². The van der Waals surface area contributed by atoms with Gasteiger partial charge in [0.2, 0.25) is 6.17 Å². The second-order valence-electron chi connectivity index (χ2n) is 5.58. The third-order valence-corrected chi connectivity index (χ3v) is 3.81. The van der Waals surface area contributed by atoms with Crippen LogP contribution < -0.4 is 0 Å². The number of likely N-dealkylation sites (N-methyl/N-ethyl adjacent to an activating group) is 1. The van der Waals surface area contributed by atoms with Gasteiger partial charge in [0.05, 0.1) is 5.69 Å². The van der Waals surface area contributed by atoms with Crippen molar-refractivity contribution in [1.82, 2.24) is 14.7 Å². The first-order valence-electron chi connectivity index (χ1n) is 7.68. The number of carbonyl (C=O) groups excluding carboxylic acids is 1. The van der Waals surface area contributed by atoms with E-state index in [-0.39, 0.29) is 0 Å². The van der Waals surface area contributed by atoms with E-state index in [0.29, 0.717) is 12.1 Å². The zero-order valence-electron chi connectivity index (χ0n) is 13.3. The zero-order valence-corrected chi connectivity index (χ0v) is 13.3. The van der Waals surface area contributed by atoms with Crippen LogP contribution in [0.3, 0.4) is 0 Å². The molecule has 122 valence electrons. The van der Waals surface area contributed by atoms with E-state index in [4.69, 9.17) is 0 Å². The Labute approximate surface area is 140 Å². The molecule has 0 aliphatic heterocycles. The second-order valence-corrected chi connectivity index (χ2v) is 5.58. The number of nitrogens with zero attached hydrogens (tertiary/aromatic N) is 3. The minimum absolute atomic E-state index is 0.353. The Balaban J connectivity index is 1.66. The number of benzene rings is 2. The van der Waals surface area contributed by atoms with Gasteiger partial charge in [0.25, 0.3) is 5.91 Å². The van der Waals surface area contributed by atoms with Gasteiger partial charge in [-0.1, -0.05) is 42.5 Å². The third-order valence-electron chi connectivity index (χ3n) is 3.81. The van der Waals surface area contributed by atoms with E-state index in [1.165, 1.54) is 4.90 Å². The average molecular weight is 323 g/mol. The normalized spacial score (nSPS) is 11.9. The smallest absolute Gasteiger partial charge is 0.261 e. The molecule has 0 saturated carbocycles. The molecule has 5 heteroatoms. The lowest BCUT2D eigenvalue weighted by molar-refractivity contribution is -0.136. The van der Waals surface area contributed by atoms with Gasteiger partial charge in [0, 0.05) is 26.0 Å². The van der Waals surface area contributed by atoms with Crippen molar-refractivity contribution < 1.29 is 9.18 Å². The summed E-state index contributed by atoms with van der Waals surface area (Å²) in [7, 11) is 1.61. The van der Waals surface area contributed by atoms with Crippen LogP contribution in [0.4, 0.5) is 4.39 Å². The highest BCUT2D eigenvalue weighted by molar-refractivity contribution is 5.81. The Kier molecular flexibility index (Phi) is 4.70. The molecule has 0 aliphatic carbocycles. The molecular formula is C19H18FN3O. The van der Waals surface area contributed by atoms with Crippen LogP contribution in [-0.2, 0) is 11.3 Å². The molecule has 0 spiro atoms. The quantitative estimate of drug-likeness (QED) is 0.720.